The molecule has 3 rings (SSSR count). The number of halogens is 3. The van der Waals surface area contributed by atoms with E-state index in [2.05, 4.69) is 5.10 Å². The number of carbonyl (C=O) groups excluding carboxylic acids is 1. The molecule has 1 aliphatic heterocycles. The maximum atomic E-state index is 12.7. The number of nitrogens with zero attached hydrogens (tertiary/aromatic N) is 3. The highest BCUT2D eigenvalue weighted by molar-refractivity contribution is 5.92. The highest BCUT2D eigenvalue weighted by atomic mass is 19.4. The first-order chi connectivity index (χ1) is 13.8. The largest absolute Gasteiger partial charge is 0.497 e. The van der Waals surface area contributed by atoms with E-state index < -0.39 is 11.9 Å². The summed E-state index contributed by atoms with van der Waals surface area (Å²) in [6, 6.07) is 6.11. The van der Waals surface area contributed by atoms with E-state index in [0.717, 1.165) is 6.07 Å². The van der Waals surface area contributed by atoms with Crippen LogP contribution in [0, 0.1) is 0 Å². The van der Waals surface area contributed by atoms with Crippen LogP contribution < -0.4 is 9.47 Å². The minimum absolute atomic E-state index is 0.155. The van der Waals surface area contributed by atoms with Crippen molar-refractivity contribution in [2.75, 3.05) is 27.3 Å². The molecule has 1 aromatic heterocycles. The zero-order valence-electron chi connectivity index (χ0n) is 16.1. The van der Waals surface area contributed by atoms with Crippen LogP contribution >= 0.6 is 0 Å². The number of carbonyl (C=O) groups is 1. The predicted molar refractivity (Wildman–Crippen MR) is 101 cm³/mol. The number of alkyl halides is 3. The minimum atomic E-state index is -4.45. The van der Waals surface area contributed by atoms with Crippen molar-refractivity contribution in [3.05, 3.63) is 47.8 Å². The number of rotatable bonds is 5. The molecule has 2 heterocycles. The predicted octanol–water partition coefficient (Wildman–Crippen LogP) is 3.80. The van der Waals surface area contributed by atoms with Gasteiger partial charge in [-0.2, -0.15) is 18.3 Å². The van der Waals surface area contributed by atoms with Gasteiger partial charge in [0.05, 0.1) is 20.3 Å². The third-order valence-corrected chi connectivity index (χ3v) is 4.89. The van der Waals surface area contributed by atoms with Gasteiger partial charge in [-0.05, 0) is 43.2 Å². The molecule has 1 aliphatic rings. The third-order valence-electron chi connectivity index (χ3n) is 4.89. The lowest BCUT2D eigenvalue weighted by molar-refractivity contribution is -0.141. The summed E-state index contributed by atoms with van der Waals surface area (Å²) >= 11 is 0. The number of benzene rings is 1. The molecular weight excluding hydrogens is 387 g/mol. The minimum Gasteiger partial charge on any atom is -0.497 e. The highest BCUT2D eigenvalue weighted by Crippen LogP contribution is 2.30. The quantitative estimate of drug-likeness (QED) is 0.705. The fourth-order valence-electron chi connectivity index (χ4n) is 3.28. The summed E-state index contributed by atoms with van der Waals surface area (Å²) in [5, 5.41) is 3.63. The molecule has 29 heavy (non-hydrogen) atoms. The van der Waals surface area contributed by atoms with Gasteiger partial charge in [0.1, 0.15) is 11.5 Å². The highest BCUT2D eigenvalue weighted by Gasteiger charge is 2.34. The SMILES string of the molecule is COc1ccc(OC)c(/C=C/C(=O)N2CCC(n3ccc(C(F)(F)F)n3)CC2)c1. The maximum absolute atomic E-state index is 12.7. The van der Waals surface area contributed by atoms with E-state index >= 15 is 0 Å². The van der Waals surface area contributed by atoms with Crippen LogP contribution in [0.3, 0.4) is 0 Å². The molecule has 1 aromatic carbocycles. The summed E-state index contributed by atoms with van der Waals surface area (Å²) < 4.78 is 50.0. The molecule has 1 fully saturated rings. The summed E-state index contributed by atoms with van der Waals surface area (Å²) in [5.74, 6) is 1.11. The Balaban J connectivity index is 1.60. The lowest BCUT2D eigenvalue weighted by Gasteiger charge is -2.31. The number of piperidine rings is 1. The van der Waals surface area contributed by atoms with Gasteiger partial charge >= 0.3 is 6.18 Å². The molecule has 2 aromatic rings. The second-order valence-corrected chi connectivity index (χ2v) is 6.68. The molecule has 0 saturated carbocycles. The van der Waals surface area contributed by atoms with Gasteiger partial charge in [-0.1, -0.05) is 0 Å². The second-order valence-electron chi connectivity index (χ2n) is 6.68. The van der Waals surface area contributed by atoms with Crippen LogP contribution in [0.1, 0.15) is 30.1 Å². The third kappa shape index (κ3) is 4.90. The number of hydrogen-bond acceptors (Lipinski definition) is 4. The second kappa shape index (κ2) is 8.59. The molecule has 0 spiro atoms. The van der Waals surface area contributed by atoms with Gasteiger partial charge < -0.3 is 14.4 Å². The Morgan fingerprint density at radius 2 is 1.90 bits per heavy atom. The van der Waals surface area contributed by atoms with Gasteiger partial charge in [0.25, 0.3) is 0 Å². The van der Waals surface area contributed by atoms with E-state index in [1.165, 1.54) is 17.0 Å². The van der Waals surface area contributed by atoms with Crippen molar-refractivity contribution in [1.29, 1.82) is 0 Å². The van der Waals surface area contributed by atoms with Gasteiger partial charge in [0.15, 0.2) is 5.69 Å². The maximum Gasteiger partial charge on any atom is 0.435 e. The van der Waals surface area contributed by atoms with Gasteiger partial charge in [0.2, 0.25) is 5.91 Å². The summed E-state index contributed by atoms with van der Waals surface area (Å²) in [6.07, 6.45) is 1.11. The molecule has 6 nitrogen and oxygen atoms in total. The number of amides is 1. The smallest absolute Gasteiger partial charge is 0.435 e. The number of likely N-dealkylation sites (tertiary alicyclic amines) is 1. The van der Waals surface area contributed by atoms with E-state index in [4.69, 9.17) is 9.47 Å². The Bertz CT molecular complexity index is 885. The van der Waals surface area contributed by atoms with Crippen molar-refractivity contribution in [2.45, 2.75) is 25.1 Å². The Morgan fingerprint density at radius 1 is 1.17 bits per heavy atom. The molecule has 1 saturated heterocycles. The Hall–Kier alpha value is -2.97. The van der Waals surface area contributed by atoms with E-state index in [1.807, 2.05) is 0 Å². The molecular formula is C20H22F3N3O3. The van der Waals surface area contributed by atoms with Crippen molar-refractivity contribution in [3.8, 4) is 11.5 Å². The Kier molecular flexibility index (Phi) is 6.14. The van der Waals surface area contributed by atoms with Gasteiger partial charge in [0, 0.05) is 30.9 Å². The fraction of sp³-hybridized carbons (Fsp3) is 0.400. The number of methoxy groups -OCH3 is 2. The molecule has 0 bridgehead atoms. The first-order valence-corrected chi connectivity index (χ1v) is 9.13. The lowest BCUT2D eigenvalue weighted by atomic mass is 10.1. The first kappa shape index (κ1) is 20.8. The van der Waals surface area contributed by atoms with Crippen LogP contribution in [0.15, 0.2) is 36.5 Å². The molecule has 9 heteroatoms. The van der Waals surface area contributed by atoms with Gasteiger partial charge in [-0.15, -0.1) is 0 Å². The van der Waals surface area contributed by atoms with E-state index in [9.17, 15) is 18.0 Å². The summed E-state index contributed by atoms with van der Waals surface area (Å²) in [6.45, 7) is 0.897. The van der Waals surface area contributed by atoms with Crippen molar-refractivity contribution in [2.24, 2.45) is 0 Å². The molecule has 0 aliphatic carbocycles. The van der Waals surface area contributed by atoms with Crippen LogP contribution in [0.2, 0.25) is 0 Å². The Labute approximate surface area is 166 Å². The van der Waals surface area contributed by atoms with Crippen LogP contribution in [0.5, 0.6) is 11.5 Å². The monoisotopic (exact) mass is 409 g/mol. The molecule has 0 atom stereocenters. The summed E-state index contributed by atoms with van der Waals surface area (Å²) in [4.78, 5) is 14.2. The Morgan fingerprint density at radius 3 is 2.48 bits per heavy atom. The average molecular weight is 409 g/mol. The van der Waals surface area contributed by atoms with Crippen LogP contribution in [0.4, 0.5) is 13.2 Å². The van der Waals surface area contributed by atoms with Crippen molar-refractivity contribution >= 4 is 12.0 Å². The van der Waals surface area contributed by atoms with Gasteiger partial charge in [-0.25, -0.2) is 0 Å². The molecule has 156 valence electrons. The summed E-state index contributed by atoms with van der Waals surface area (Å²) in [7, 11) is 3.10. The fourth-order valence-corrected chi connectivity index (χ4v) is 3.28. The van der Waals surface area contributed by atoms with E-state index in [-0.39, 0.29) is 11.9 Å². The van der Waals surface area contributed by atoms with Crippen LogP contribution in [0.25, 0.3) is 6.08 Å². The molecule has 0 radical (unpaired) electrons. The topological polar surface area (TPSA) is 56.6 Å². The molecule has 1 amide bonds. The van der Waals surface area contributed by atoms with Crippen LogP contribution in [-0.2, 0) is 11.0 Å². The number of ether oxygens (including phenoxy) is 2. The lowest BCUT2D eigenvalue weighted by Crippen LogP contribution is -2.38. The summed E-state index contributed by atoms with van der Waals surface area (Å²) in [5.41, 5.74) is -0.183. The molecule has 0 unspecified atom stereocenters. The normalized spacial score (nSPS) is 15.7. The van der Waals surface area contributed by atoms with Crippen molar-refractivity contribution in [3.63, 3.8) is 0 Å². The van der Waals surface area contributed by atoms with Crippen molar-refractivity contribution < 1.29 is 27.4 Å². The van der Waals surface area contributed by atoms with Gasteiger partial charge in [-0.3, -0.25) is 9.48 Å². The average Bonchev–Trinajstić information content (AvgIpc) is 3.22. The number of hydrogen-bond donors (Lipinski definition) is 0. The van der Waals surface area contributed by atoms with E-state index in [1.54, 1.807) is 43.4 Å². The zero-order chi connectivity index (χ0) is 21.0. The van der Waals surface area contributed by atoms with Crippen molar-refractivity contribution in [1.82, 2.24) is 14.7 Å². The van der Waals surface area contributed by atoms with Crippen LogP contribution in [-0.4, -0.2) is 47.9 Å². The zero-order valence-corrected chi connectivity index (χ0v) is 16.1. The number of aromatic nitrogens is 2. The standard InChI is InChI=1S/C20H22F3N3O3/c1-28-16-4-5-17(29-2)14(13-16)3-6-19(27)25-10-7-15(8-11-25)26-12-9-18(24-26)20(21,22)23/h3-6,9,12-13,15H,7-8,10-11H2,1-2H3/b6-3+. The van der Waals surface area contributed by atoms with E-state index in [0.29, 0.717) is 43.0 Å². The first-order valence-electron chi connectivity index (χ1n) is 9.13. The molecule has 0 N–H and O–H groups in total.